The Kier molecular flexibility index (Phi) is 19.4. The summed E-state index contributed by atoms with van der Waals surface area (Å²) in [4.78, 5) is 0. The third-order valence-electron chi connectivity index (χ3n) is 5.47. The second kappa shape index (κ2) is 19.4. The van der Waals surface area contributed by atoms with Crippen molar-refractivity contribution < 1.29 is 47.3 Å². The minimum atomic E-state index is -4.17. The Labute approximate surface area is 214 Å². The topological polar surface area (TPSA) is 66.4 Å². The van der Waals surface area contributed by atoms with Gasteiger partial charge >= 0.3 is 29.6 Å². The molecule has 0 aliphatic rings. The van der Waals surface area contributed by atoms with Crippen molar-refractivity contribution >= 4 is 10.1 Å². The molecule has 0 fully saturated rings. The van der Waals surface area contributed by atoms with Crippen molar-refractivity contribution in [3.8, 4) is 5.75 Å². The SMILES string of the molecule is CCCCCCCCc1cc(CCCCCCCC)cc(OCCCS(=O)(=O)[O-])c1.[Na+]. The standard InChI is InChI=1S/C25H44O4S.Na/c1-3-5-7-9-11-13-16-23-20-24(17-14-12-10-8-6-4-2)22-25(21-23)29-18-15-19-30(26,27)28;/h20-22H,3-19H2,1-2H3,(H,26,27,28);/q;+1/p-1. The second-order valence-electron chi connectivity index (χ2n) is 8.48. The molecule has 0 atom stereocenters. The number of hydrogen-bond donors (Lipinski definition) is 0. The van der Waals surface area contributed by atoms with Crippen molar-refractivity contribution in [1.82, 2.24) is 0 Å². The van der Waals surface area contributed by atoms with Crippen LogP contribution >= 0.6 is 0 Å². The first-order valence-corrected chi connectivity index (χ1v) is 13.7. The van der Waals surface area contributed by atoms with E-state index in [1.807, 2.05) is 0 Å². The monoisotopic (exact) mass is 462 g/mol. The maximum absolute atomic E-state index is 10.8. The Morgan fingerprint density at radius 3 is 1.61 bits per heavy atom. The number of unbranched alkanes of at least 4 members (excludes halogenated alkanes) is 10. The van der Waals surface area contributed by atoms with E-state index in [0.717, 1.165) is 18.6 Å². The van der Waals surface area contributed by atoms with Gasteiger partial charge in [0.1, 0.15) is 5.75 Å². The van der Waals surface area contributed by atoms with Crippen LogP contribution < -0.4 is 34.3 Å². The van der Waals surface area contributed by atoms with Gasteiger partial charge in [0.05, 0.1) is 16.7 Å². The van der Waals surface area contributed by atoms with Gasteiger partial charge in [0.2, 0.25) is 0 Å². The first-order chi connectivity index (χ1) is 14.4. The van der Waals surface area contributed by atoms with Crippen molar-refractivity contribution in [3.63, 3.8) is 0 Å². The fourth-order valence-corrected chi connectivity index (χ4v) is 4.22. The maximum atomic E-state index is 10.8. The first-order valence-electron chi connectivity index (χ1n) is 12.1. The minimum absolute atomic E-state index is 0. The van der Waals surface area contributed by atoms with Gasteiger partial charge < -0.3 is 9.29 Å². The number of ether oxygens (including phenoxy) is 1. The van der Waals surface area contributed by atoms with Crippen LogP contribution in [0.25, 0.3) is 0 Å². The quantitative estimate of drug-likeness (QED) is 0.178. The van der Waals surface area contributed by atoms with E-state index in [2.05, 4.69) is 32.0 Å². The number of aryl methyl sites for hydroxylation is 2. The van der Waals surface area contributed by atoms with E-state index in [4.69, 9.17) is 4.74 Å². The summed E-state index contributed by atoms with van der Waals surface area (Å²) in [5.74, 6) is 0.442. The van der Waals surface area contributed by atoms with Gasteiger partial charge in [0, 0.05) is 5.75 Å². The first kappa shape index (κ1) is 30.9. The molecular weight excluding hydrogens is 419 g/mol. The van der Waals surface area contributed by atoms with Gasteiger partial charge in [-0.25, -0.2) is 8.42 Å². The van der Waals surface area contributed by atoms with Crippen LogP contribution in [-0.4, -0.2) is 25.3 Å². The molecule has 0 saturated heterocycles. The summed E-state index contributed by atoms with van der Waals surface area (Å²) in [6.45, 7) is 4.74. The largest absolute Gasteiger partial charge is 1.00 e. The normalized spacial score (nSPS) is 11.3. The Balaban J connectivity index is 0.00000900. The van der Waals surface area contributed by atoms with E-state index in [1.165, 1.54) is 88.2 Å². The average molecular weight is 463 g/mol. The zero-order chi connectivity index (χ0) is 22.1. The molecule has 0 N–H and O–H groups in total. The molecule has 0 heterocycles. The molecule has 0 bridgehead atoms. The molecule has 1 aromatic rings. The summed E-state index contributed by atoms with van der Waals surface area (Å²) in [6, 6.07) is 6.48. The van der Waals surface area contributed by atoms with Gasteiger partial charge in [-0.15, -0.1) is 0 Å². The third kappa shape index (κ3) is 18.1. The molecule has 174 valence electrons. The van der Waals surface area contributed by atoms with Gasteiger partial charge in [0.25, 0.3) is 0 Å². The summed E-state index contributed by atoms with van der Waals surface area (Å²) < 4.78 is 38.1. The molecule has 0 aliphatic heterocycles. The zero-order valence-corrected chi connectivity index (χ0v) is 23.1. The molecule has 31 heavy (non-hydrogen) atoms. The Morgan fingerprint density at radius 1 is 0.710 bits per heavy atom. The van der Waals surface area contributed by atoms with Gasteiger partial charge in [-0.05, 0) is 55.4 Å². The molecule has 0 aliphatic carbocycles. The van der Waals surface area contributed by atoms with Crippen LogP contribution in [-0.2, 0) is 23.0 Å². The summed E-state index contributed by atoms with van der Waals surface area (Å²) in [5.41, 5.74) is 2.61. The molecular formula is C25H43NaO4S. The van der Waals surface area contributed by atoms with E-state index in [9.17, 15) is 13.0 Å². The maximum Gasteiger partial charge on any atom is 1.00 e. The van der Waals surface area contributed by atoms with Crippen LogP contribution in [0.15, 0.2) is 18.2 Å². The van der Waals surface area contributed by atoms with Crippen LogP contribution in [0.1, 0.15) is 108 Å². The zero-order valence-electron chi connectivity index (χ0n) is 20.3. The summed E-state index contributed by atoms with van der Waals surface area (Å²) >= 11 is 0. The Morgan fingerprint density at radius 2 is 1.16 bits per heavy atom. The molecule has 4 nitrogen and oxygen atoms in total. The molecule has 0 amide bonds. The Bertz CT molecular complexity index is 627. The van der Waals surface area contributed by atoms with Crippen molar-refractivity contribution in [2.24, 2.45) is 0 Å². The minimum Gasteiger partial charge on any atom is -0.748 e. The molecule has 0 radical (unpaired) electrons. The predicted molar refractivity (Wildman–Crippen MR) is 125 cm³/mol. The average Bonchev–Trinajstić information content (AvgIpc) is 2.70. The summed E-state index contributed by atoms with van der Waals surface area (Å²) in [7, 11) is -4.17. The van der Waals surface area contributed by atoms with E-state index in [0.29, 0.717) is 0 Å². The third-order valence-corrected chi connectivity index (χ3v) is 6.26. The number of hydrogen-bond acceptors (Lipinski definition) is 4. The summed E-state index contributed by atoms with van der Waals surface area (Å²) in [5, 5.41) is 0. The fraction of sp³-hybridized carbons (Fsp3) is 0.760. The van der Waals surface area contributed by atoms with Gasteiger partial charge in [-0.2, -0.15) is 0 Å². The molecule has 0 saturated carbocycles. The molecule has 0 unspecified atom stereocenters. The molecule has 6 heteroatoms. The smallest absolute Gasteiger partial charge is 0.748 e. The van der Waals surface area contributed by atoms with E-state index < -0.39 is 10.1 Å². The van der Waals surface area contributed by atoms with Crippen LogP contribution in [0, 0.1) is 0 Å². The van der Waals surface area contributed by atoms with Crippen LogP contribution in [0.4, 0.5) is 0 Å². The van der Waals surface area contributed by atoms with Crippen molar-refractivity contribution in [2.45, 2.75) is 110 Å². The van der Waals surface area contributed by atoms with Gasteiger partial charge in [0.15, 0.2) is 0 Å². The van der Waals surface area contributed by atoms with Crippen molar-refractivity contribution in [2.75, 3.05) is 12.4 Å². The summed E-state index contributed by atoms with van der Waals surface area (Å²) in [6.07, 6.45) is 17.7. The van der Waals surface area contributed by atoms with Gasteiger partial charge in [-0.1, -0.05) is 84.1 Å². The molecule has 0 aromatic heterocycles. The Hall–Kier alpha value is -0.0700. The van der Waals surface area contributed by atoms with E-state index >= 15 is 0 Å². The van der Waals surface area contributed by atoms with Crippen LogP contribution in [0.2, 0.25) is 0 Å². The number of benzene rings is 1. The fourth-order valence-electron chi connectivity index (χ4n) is 3.75. The molecule has 1 rings (SSSR count). The van der Waals surface area contributed by atoms with Crippen molar-refractivity contribution in [1.29, 1.82) is 0 Å². The second-order valence-corrected chi connectivity index (χ2v) is 10.0. The van der Waals surface area contributed by atoms with Crippen molar-refractivity contribution in [3.05, 3.63) is 29.3 Å². The molecule has 0 spiro atoms. The van der Waals surface area contributed by atoms with E-state index in [1.54, 1.807) is 0 Å². The predicted octanol–water partition coefficient (Wildman–Crippen LogP) is 3.81. The van der Waals surface area contributed by atoms with Crippen LogP contribution in [0.3, 0.4) is 0 Å². The molecule has 1 aromatic carbocycles. The van der Waals surface area contributed by atoms with Gasteiger partial charge in [-0.3, -0.25) is 0 Å². The van der Waals surface area contributed by atoms with Crippen LogP contribution in [0.5, 0.6) is 5.75 Å². The number of rotatable bonds is 19. The van der Waals surface area contributed by atoms with E-state index in [-0.39, 0.29) is 48.3 Å².